The predicted octanol–water partition coefficient (Wildman–Crippen LogP) is -14.5. The Bertz CT molecular complexity index is 1000. The Morgan fingerprint density at radius 3 is 0.774 bits per heavy atom. The SMILES string of the molecule is O=S(=O)([O-])C(N(C(S(=O)(=O)[O-])S(=O)(=O)O)C(S(=O)(=O)O)S(=O)(=O)O)S(=O)(=O)[O-].[Na+].[Na+].[Na+]. The maximum absolute atomic E-state index is 11.1. The molecule has 0 aliphatic heterocycles. The summed E-state index contributed by atoms with van der Waals surface area (Å²) in [5.41, 5.74) is 0. The molecule has 0 bridgehead atoms. The maximum Gasteiger partial charge on any atom is 1.00 e. The summed E-state index contributed by atoms with van der Waals surface area (Å²) in [6.07, 6.45) is 0. The van der Waals surface area contributed by atoms with Gasteiger partial charge in [-0.25, -0.2) is 30.2 Å². The van der Waals surface area contributed by atoms with Gasteiger partial charge in [0, 0.05) is 0 Å². The van der Waals surface area contributed by atoms with Gasteiger partial charge < -0.3 is 13.7 Å². The van der Waals surface area contributed by atoms with Crippen molar-refractivity contribution in [1.29, 1.82) is 0 Å². The van der Waals surface area contributed by atoms with E-state index in [1.54, 1.807) is 0 Å². The summed E-state index contributed by atoms with van der Waals surface area (Å²) in [5.74, 6) is 0. The molecule has 31 heavy (non-hydrogen) atoms. The Morgan fingerprint density at radius 2 is 0.645 bits per heavy atom. The van der Waals surface area contributed by atoms with Crippen molar-refractivity contribution in [3.8, 4) is 0 Å². The summed E-state index contributed by atoms with van der Waals surface area (Å²) in [7, 11) is -41.3. The average Bonchev–Trinajstić information content (AvgIpc) is 2.13. The van der Waals surface area contributed by atoms with E-state index in [1.807, 2.05) is 0 Å². The van der Waals surface area contributed by atoms with Crippen molar-refractivity contribution < 1.29 is 166 Å². The number of nitrogens with zero attached hydrogens (tertiary/aromatic N) is 1. The molecule has 0 fully saturated rings. The Morgan fingerprint density at radius 1 is 0.452 bits per heavy atom. The predicted molar refractivity (Wildman–Crippen MR) is 76.9 cm³/mol. The van der Waals surface area contributed by atoms with Crippen LogP contribution in [0.15, 0.2) is 0 Å². The molecular weight excluding hydrogens is 599 g/mol. The molecular formula is C3H6NNa3O18S6. The molecule has 0 spiro atoms. The molecule has 0 aromatic carbocycles. The van der Waals surface area contributed by atoms with Crippen molar-refractivity contribution in [2.45, 2.75) is 14.1 Å². The van der Waals surface area contributed by atoms with E-state index in [1.165, 1.54) is 0 Å². The van der Waals surface area contributed by atoms with Crippen LogP contribution in [0.2, 0.25) is 0 Å². The molecule has 0 saturated heterocycles. The zero-order valence-corrected chi connectivity index (χ0v) is 26.0. The third-order valence-electron chi connectivity index (χ3n) is 2.24. The second kappa shape index (κ2) is 12.6. The fourth-order valence-corrected chi connectivity index (χ4v) is 9.43. The van der Waals surface area contributed by atoms with Gasteiger partial charge in [-0.1, -0.05) is 0 Å². The van der Waals surface area contributed by atoms with Crippen LogP contribution < -0.4 is 88.7 Å². The molecule has 28 heteroatoms. The zero-order chi connectivity index (χ0) is 23.3. The summed E-state index contributed by atoms with van der Waals surface area (Å²) >= 11 is 0. The van der Waals surface area contributed by atoms with E-state index >= 15 is 0 Å². The Balaban J connectivity index is -0.00000121. The monoisotopic (exact) mass is 605 g/mol. The van der Waals surface area contributed by atoms with Crippen molar-refractivity contribution in [2.24, 2.45) is 0 Å². The largest absolute Gasteiger partial charge is 1.00 e. The molecule has 0 aromatic rings. The summed E-state index contributed by atoms with van der Waals surface area (Å²) in [6, 6.07) is 0. The first-order valence-corrected chi connectivity index (χ1v) is 14.2. The van der Waals surface area contributed by atoms with Gasteiger partial charge in [-0.2, -0.15) is 25.3 Å². The first-order chi connectivity index (χ1) is 11.7. The van der Waals surface area contributed by atoms with Gasteiger partial charge in [-0.05, 0) is 0 Å². The zero-order valence-electron chi connectivity index (χ0n) is 15.1. The first-order valence-electron chi connectivity index (χ1n) is 5.24. The molecule has 0 aromatic heterocycles. The number of hydrogen-bond acceptors (Lipinski definition) is 16. The fraction of sp³-hybridized carbons (Fsp3) is 1.00. The van der Waals surface area contributed by atoms with Gasteiger partial charge in [0.1, 0.15) is 30.4 Å². The van der Waals surface area contributed by atoms with Gasteiger partial charge in [0.15, 0.2) is 4.71 Å². The summed E-state index contributed by atoms with van der Waals surface area (Å²) in [5, 5.41) is 0. The van der Waals surface area contributed by atoms with Crippen LogP contribution in [0.3, 0.4) is 0 Å². The van der Waals surface area contributed by atoms with Crippen LogP contribution >= 0.6 is 0 Å². The molecule has 170 valence electrons. The summed E-state index contributed by atoms with van der Waals surface area (Å²) in [4.78, 5) is -2.22. The first kappa shape index (κ1) is 40.6. The van der Waals surface area contributed by atoms with Gasteiger partial charge in [-0.3, -0.25) is 13.7 Å². The Hall–Kier alpha value is 2.42. The quantitative estimate of drug-likeness (QED) is 0.162. The maximum atomic E-state index is 11.1. The van der Waals surface area contributed by atoms with Gasteiger partial charge in [0.05, 0.1) is 0 Å². The van der Waals surface area contributed by atoms with E-state index in [9.17, 15) is 64.2 Å². The molecule has 0 amide bonds. The van der Waals surface area contributed by atoms with Crippen LogP contribution in [0, 0.1) is 0 Å². The van der Waals surface area contributed by atoms with Crippen LogP contribution in [0.1, 0.15) is 0 Å². The molecule has 3 N–H and O–H groups in total. The summed E-state index contributed by atoms with van der Waals surface area (Å²) < 4.78 is 178. The van der Waals surface area contributed by atoms with Crippen LogP contribution in [0.25, 0.3) is 0 Å². The van der Waals surface area contributed by atoms with Gasteiger partial charge in [-0.15, -0.1) is 0 Å². The fourth-order valence-electron chi connectivity index (χ4n) is 1.65. The normalized spacial score (nSPS) is 15.0. The van der Waals surface area contributed by atoms with E-state index in [0.29, 0.717) is 0 Å². The van der Waals surface area contributed by atoms with Crippen molar-refractivity contribution in [1.82, 2.24) is 4.90 Å². The third-order valence-corrected chi connectivity index (χ3v) is 11.0. The second-order valence-electron chi connectivity index (χ2n) is 4.39. The van der Waals surface area contributed by atoms with Gasteiger partial charge in [0.2, 0.25) is 4.71 Å². The van der Waals surface area contributed by atoms with Crippen molar-refractivity contribution >= 4 is 60.7 Å². The molecule has 0 heterocycles. The second-order valence-corrected chi connectivity index (χ2v) is 14.0. The van der Waals surface area contributed by atoms with E-state index in [2.05, 4.69) is 0 Å². The topological polar surface area (TPSA) is 338 Å². The summed E-state index contributed by atoms with van der Waals surface area (Å²) in [6.45, 7) is 0. The van der Waals surface area contributed by atoms with Crippen LogP contribution in [0.4, 0.5) is 0 Å². The van der Waals surface area contributed by atoms with E-state index in [0.717, 1.165) is 0 Å². The molecule has 0 saturated carbocycles. The Kier molecular flexibility index (Phi) is 16.5. The Labute approximate surface area is 242 Å². The molecule has 1 atom stereocenters. The molecule has 1 unspecified atom stereocenters. The van der Waals surface area contributed by atoms with Crippen LogP contribution in [-0.2, 0) is 60.7 Å². The number of hydrogen-bond donors (Lipinski definition) is 3. The van der Waals surface area contributed by atoms with Crippen LogP contribution in [0.5, 0.6) is 0 Å². The van der Waals surface area contributed by atoms with Gasteiger partial charge >= 0.3 is 88.7 Å². The molecule has 0 aliphatic carbocycles. The number of rotatable bonds is 9. The van der Waals surface area contributed by atoms with Crippen molar-refractivity contribution in [3.63, 3.8) is 0 Å². The van der Waals surface area contributed by atoms with E-state index in [-0.39, 0.29) is 88.7 Å². The van der Waals surface area contributed by atoms with Crippen molar-refractivity contribution in [3.05, 3.63) is 0 Å². The minimum Gasteiger partial charge on any atom is -0.746 e. The van der Waals surface area contributed by atoms with E-state index < -0.39 is 79.7 Å². The average molecular weight is 605 g/mol. The minimum absolute atomic E-state index is 0. The standard InChI is InChI=1S/C3H9NO18S6.3Na/c5-23(6,7)1(24(8,9)10)4(2(25(11,12)13)26(14,15)16)3(27(17,18)19)28(20,21)22;;;/h1-3H,(H,5,6,7)(H,8,9,10)(H,11,12,13)(H,14,15,16)(H,17,18,19)(H,20,21,22);;;/q;3*+1/p-3. The van der Waals surface area contributed by atoms with Crippen molar-refractivity contribution in [2.75, 3.05) is 0 Å². The molecule has 0 rings (SSSR count). The van der Waals surface area contributed by atoms with Crippen LogP contribution in [-0.4, -0.2) is 96.8 Å². The van der Waals surface area contributed by atoms with Gasteiger partial charge in [0.25, 0.3) is 35.1 Å². The van der Waals surface area contributed by atoms with E-state index in [4.69, 9.17) is 13.7 Å². The smallest absolute Gasteiger partial charge is 0.746 e. The molecule has 0 aliphatic rings. The molecule has 19 nitrogen and oxygen atoms in total. The molecule has 0 radical (unpaired) electrons. The minimum atomic E-state index is -7.01. The third kappa shape index (κ3) is 11.8.